The van der Waals surface area contributed by atoms with Gasteiger partial charge in [-0.15, -0.1) is 0 Å². The molecule has 1 N–H and O–H groups in total. The lowest BCUT2D eigenvalue weighted by Crippen LogP contribution is -2.31. The van der Waals surface area contributed by atoms with Crippen LogP contribution >= 0.6 is 0 Å². The van der Waals surface area contributed by atoms with Crippen LogP contribution in [0.4, 0.5) is 0 Å². The minimum absolute atomic E-state index is 0.0751. The molecule has 1 aliphatic rings. The van der Waals surface area contributed by atoms with E-state index < -0.39 is 17.6 Å². The molecule has 0 saturated carbocycles. The van der Waals surface area contributed by atoms with Gasteiger partial charge < -0.3 is 19.1 Å². The van der Waals surface area contributed by atoms with Crippen LogP contribution in [0.3, 0.4) is 0 Å². The molecule has 0 bridgehead atoms. The Balaban J connectivity index is 1.75. The first-order valence-electron chi connectivity index (χ1n) is 9.56. The highest BCUT2D eigenvalue weighted by Crippen LogP contribution is 2.39. The first-order chi connectivity index (χ1) is 14.1. The summed E-state index contributed by atoms with van der Waals surface area (Å²) in [5.41, 5.74) is 2.36. The van der Waals surface area contributed by atoms with Crippen LogP contribution in [0.25, 0.3) is 22.6 Å². The van der Waals surface area contributed by atoms with Crippen molar-refractivity contribution in [2.45, 2.75) is 52.7 Å². The number of hydrogen-bond acceptors (Lipinski definition) is 8. The Hall–Kier alpha value is -3.49. The summed E-state index contributed by atoms with van der Waals surface area (Å²) in [5.74, 6) is 0.453. The molecule has 4 rings (SSSR count). The first kappa shape index (κ1) is 19.8. The van der Waals surface area contributed by atoms with Crippen molar-refractivity contribution in [1.82, 2.24) is 20.6 Å². The van der Waals surface area contributed by atoms with Crippen LogP contribution in [-0.4, -0.2) is 32.8 Å². The Morgan fingerprint density at radius 2 is 1.93 bits per heavy atom. The number of hydrogen-bond donors (Lipinski definition) is 1. The zero-order valence-corrected chi connectivity index (χ0v) is 17.4. The highest BCUT2D eigenvalue weighted by atomic mass is 16.6. The lowest BCUT2D eigenvalue weighted by atomic mass is 9.95. The van der Waals surface area contributed by atoms with Gasteiger partial charge >= 0.3 is 5.97 Å². The summed E-state index contributed by atoms with van der Waals surface area (Å²) in [6.07, 6.45) is -0.0751. The summed E-state index contributed by atoms with van der Waals surface area (Å²) >= 11 is 0. The second-order valence-electron chi connectivity index (χ2n) is 8.23. The number of rotatable bonds is 3. The molecule has 1 aromatic carbocycles. The maximum Gasteiger partial charge on any atom is 0.308 e. The second kappa shape index (κ2) is 7.08. The van der Waals surface area contributed by atoms with Gasteiger partial charge in [-0.2, -0.15) is 4.98 Å². The van der Waals surface area contributed by atoms with Crippen LogP contribution < -0.4 is 5.32 Å². The molecular formula is C21H22N4O5. The Kier molecular flexibility index (Phi) is 4.68. The topological polar surface area (TPSA) is 120 Å². The summed E-state index contributed by atoms with van der Waals surface area (Å²) in [7, 11) is 0. The van der Waals surface area contributed by atoms with Gasteiger partial charge in [0.05, 0.1) is 17.7 Å². The molecule has 3 aromatic rings. The van der Waals surface area contributed by atoms with Crippen LogP contribution in [0.1, 0.15) is 60.9 Å². The number of ether oxygens (including phenoxy) is 1. The molecule has 2 aromatic heterocycles. The van der Waals surface area contributed by atoms with Gasteiger partial charge in [0.2, 0.25) is 0 Å². The van der Waals surface area contributed by atoms with Crippen LogP contribution in [-0.2, 0) is 9.53 Å². The van der Waals surface area contributed by atoms with E-state index >= 15 is 0 Å². The summed E-state index contributed by atoms with van der Waals surface area (Å²) in [6.45, 7) is 8.88. The Morgan fingerprint density at radius 3 is 2.60 bits per heavy atom. The molecule has 0 radical (unpaired) electrons. The van der Waals surface area contributed by atoms with Crippen LogP contribution in [0.5, 0.6) is 0 Å². The van der Waals surface area contributed by atoms with E-state index in [4.69, 9.17) is 13.8 Å². The molecule has 9 heteroatoms. The number of aromatic nitrogens is 3. The number of carbonyl (C=O) groups excluding carboxylic acids is 2. The van der Waals surface area contributed by atoms with Crippen molar-refractivity contribution >= 4 is 11.9 Å². The zero-order valence-electron chi connectivity index (χ0n) is 17.4. The monoisotopic (exact) mass is 410 g/mol. The van der Waals surface area contributed by atoms with Crippen molar-refractivity contribution in [2.24, 2.45) is 0 Å². The third-order valence-corrected chi connectivity index (χ3v) is 4.61. The van der Waals surface area contributed by atoms with Gasteiger partial charge in [0.25, 0.3) is 11.8 Å². The Bertz CT molecular complexity index is 1140. The second-order valence-corrected chi connectivity index (χ2v) is 8.23. The van der Waals surface area contributed by atoms with Crippen molar-refractivity contribution in [3.63, 3.8) is 0 Å². The molecule has 0 fully saturated rings. The molecule has 30 heavy (non-hydrogen) atoms. The maximum atomic E-state index is 13.1. The average Bonchev–Trinajstić information content (AvgIpc) is 3.22. The fraction of sp³-hybridized carbons (Fsp3) is 0.381. The van der Waals surface area contributed by atoms with E-state index in [0.29, 0.717) is 45.4 Å². The van der Waals surface area contributed by atoms with Gasteiger partial charge in [-0.1, -0.05) is 16.4 Å². The summed E-state index contributed by atoms with van der Waals surface area (Å²) < 4.78 is 16.2. The SMILES string of the molecule is Cc1noc(-c2ccc3c(c2)C(=O)NC(CC(=O)OC(C)(C)C)c2onc(C)c2-3)n1. The first-order valence-corrected chi connectivity index (χ1v) is 9.56. The average molecular weight is 410 g/mol. The number of fused-ring (bicyclic) bond motifs is 3. The number of amides is 1. The molecule has 3 heterocycles. The fourth-order valence-corrected chi connectivity index (χ4v) is 3.45. The molecule has 0 spiro atoms. The molecule has 1 amide bonds. The Morgan fingerprint density at radius 1 is 1.17 bits per heavy atom. The molecule has 0 aliphatic carbocycles. The third-order valence-electron chi connectivity index (χ3n) is 4.61. The highest BCUT2D eigenvalue weighted by Gasteiger charge is 2.34. The third kappa shape index (κ3) is 3.70. The number of nitrogens with zero attached hydrogens (tertiary/aromatic N) is 3. The number of benzene rings is 1. The number of aryl methyl sites for hydroxylation is 2. The molecule has 1 atom stereocenters. The van der Waals surface area contributed by atoms with E-state index in [1.165, 1.54) is 0 Å². The van der Waals surface area contributed by atoms with E-state index in [2.05, 4.69) is 20.6 Å². The van der Waals surface area contributed by atoms with Crippen molar-refractivity contribution in [1.29, 1.82) is 0 Å². The predicted molar refractivity (Wildman–Crippen MR) is 105 cm³/mol. The normalized spacial score (nSPS) is 15.8. The summed E-state index contributed by atoms with van der Waals surface area (Å²) in [6, 6.07) is 4.57. The predicted octanol–water partition coefficient (Wildman–Crippen LogP) is 3.52. The van der Waals surface area contributed by atoms with Crippen molar-refractivity contribution in [3.05, 3.63) is 41.0 Å². The van der Waals surface area contributed by atoms with E-state index in [0.717, 1.165) is 0 Å². The smallest absolute Gasteiger partial charge is 0.308 e. The largest absolute Gasteiger partial charge is 0.460 e. The van der Waals surface area contributed by atoms with Crippen LogP contribution in [0.2, 0.25) is 0 Å². The number of carbonyl (C=O) groups is 2. The quantitative estimate of drug-likeness (QED) is 0.651. The molecule has 9 nitrogen and oxygen atoms in total. The van der Waals surface area contributed by atoms with Crippen molar-refractivity contribution in [3.8, 4) is 22.6 Å². The maximum absolute atomic E-state index is 13.1. The number of esters is 1. The fourth-order valence-electron chi connectivity index (χ4n) is 3.45. The standard InChI is InChI=1S/C21H22N4O5/c1-10-17-13-7-6-12(20-22-11(2)25-30-20)8-14(13)19(27)23-15(18(17)29-24-10)9-16(26)28-21(3,4)5/h6-8,15H,9H2,1-5H3,(H,23,27). The summed E-state index contributed by atoms with van der Waals surface area (Å²) in [4.78, 5) is 29.7. The van der Waals surface area contributed by atoms with Gasteiger partial charge in [-0.25, -0.2) is 0 Å². The lowest BCUT2D eigenvalue weighted by molar-refractivity contribution is -0.155. The van der Waals surface area contributed by atoms with Gasteiger partial charge in [-0.3, -0.25) is 9.59 Å². The molecule has 0 saturated heterocycles. The number of nitrogens with one attached hydrogen (secondary N) is 1. The molecule has 156 valence electrons. The van der Waals surface area contributed by atoms with Gasteiger partial charge in [0.1, 0.15) is 11.6 Å². The van der Waals surface area contributed by atoms with E-state index in [1.807, 2.05) is 0 Å². The highest BCUT2D eigenvalue weighted by molar-refractivity contribution is 6.04. The van der Waals surface area contributed by atoms with Gasteiger partial charge in [-0.05, 0) is 52.3 Å². The van der Waals surface area contributed by atoms with Crippen molar-refractivity contribution < 1.29 is 23.4 Å². The van der Waals surface area contributed by atoms with Gasteiger partial charge in [0.15, 0.2) is 11.6 Å². The van der Waals surface area contributed by atoms with E-state index in [-0.39, 0.29) is 12.3 Å². The minimum Gasteiger partial charge on any atom is -0.460 e. The minimum atomic E-state index is -0.704. The molecular weight excluding hydrogens is 388 g/mol. The van der Waals surface area contributed by atoms with Crippen molar-refractivity contribution in [2.75, 3.05) is 0 Å². The molecule has 1 aliphatic heterocycles. The van der Waals surface area contributed by atoms with Crippen LogP contribution in [0.15, 0.2) is 27.2 Å². The van der Waals surface area contributed by atoms with Crippen LogP contribution in [0, 0.1) is 13.8 Å². The lowest BCUT2D eigenvalue weighted by Gasteiger charge is -2.21. The Labute approximate surface area is 172 Å². The van der Waals surface area contributed by atoms with Gasteiger partial charge in [0, 0.05) is 11.1 Å². The van der Waals surface area contributed by atoms with E-state index in [9.17, 15) is 9.59 Å². The van der Waals surface area contributed by atoms with E-state index in [1.54, 1.807) is 52.8 Å². The molecule has 1 unspecified atom stereocenters. The zero-order chi connectivity index (χ0) is 21.6. The summed E-state index contributed by atoms with van der Waals surface area (Å²) in [5, 5.41) is 10.7.